The molecule has 0 radical (unpaired) electrons. The molecule has 0 saturated heterocycles. The van der Waals surface area contributed by atoms with Crippen LogP contribution in [0.5, 0.6) is 0 Å². The van der Waals surface area contributed by atoms with E-state index in [9.17, 15) is 12.8 Å². The second-order valence-electron chi connectivity index (χ2n) is 6.04. The topological polar surface area (TPSA) is 63.2 Å². The van der Waals surface area contributed by atoms with Crippen LogP contribution in [0, 0.1) is 5.82 Å². The van der Waals surface area contributed by atoms with Crippen molar-refractivity contribution in [3.63, 3.8) is 0 Å². The van der Waals surface area contributed by atoms with Gasteiger partial charge in [0.2, 0.25) is 0 Å². The van der Waals surface area contributed by atoms with E-state index in [1.165, 1.54) is 28.3 Å². The van der Waals surface area contributed by atoms with Crippen LogP contribution in [0.4, 0.5) is 10.1 Å². The molecule has 0 fully saturated rings. The molecule has 0 aliphatic carbocycles. The Balaban J connectivity index is 1.75. The Hall–Kier alpha value is -2.16. The van der Waals surface area contributed by atoms with Gasteiger partial charge in [-0.25, -0.2) is 22.8 Å². The van der Waals surface area contributed by atoms with Crippen molar-refractivity contribution in [3.8, 4) is 11.3 Å². The third kappa shape index (κ3) is 3.15. The Bertz CT molecular complexity index is 1150. The number of anilines is 1. The number of hydrogen-bond donors (Lipinski definition) is 0. The van der Waals surface area contributed by atoms with Crippen LogP contribution in [0.15, 0.2) is 58.7 Å². The predicted octanol–water partition coefficient (Wildman–Crippen LogP) is 4.76. The van der Waals surface area contributed by atoms with Gasteiger partial charge >= 0.3 is 0 Å². The Morgan fingerprint density at radius 3 is 2.71 bits per heavy atom. The molecule has 0 N–H and O–H groups in total. The molecule has 0 spiro atoms. The van der Waals surface area contributed by atoms with Crippen molar-refractivity contribution in [2.75, 3.05) is 10.8 Å². The zero-order chi connectivity index (χ0) is 19.9. The van der Waals surface area contributed by atoms with E-state index in [0.717, 1.165) is 5.56 Å². The predicted molar refractivity (Wildman–Crippen MR) is 109 cm³/mol. The van der Waals surface area contributed by atoms with E-state index >= 15 is 0 Å². The minimum absolute atomic E-state index is 0.0707. The third-order valence-corrected chi connectivity index (χ3v) is 7.56. The Morgan fingerprint density at radius 1 is 1.18 bits per heavy atom. The first-order chi connectivity index (χ1) is 13.4. The molecule has 0 unspecified atom stereocenters. The van der Waals surface area contributed by atoms with Crippen LogP contribution in [-0.2, 0) is 15.8 Å². The van der Waals surface area contributed by atoms with Crippen LogP contribution in [0.1, 0.15) is 12.5 Å². The molecule has 0 atom stereocenters. The molecule has 9 heteroatoms. The number of nitrogens with zero attached hydrogens (tertiary/aromatic N) is 3. The van der Waals surface area contributed by atoms with E-state index in [1.54, 1.807) is 31.2 Å². The SMILES string of the molecule is CCN1c2ccccc2-c2nc(SCc3c(F)cccc3Cl)ncc2S1(=O)=O. The molecular weight excluding hydrogens is 421 g/mol. The lowest BCUT2D eigenvalue weighted by Crippen LogP contribution is -2.34. The van der Waals surface area contributed by atoms with Gasteiger partial charge in [0.05, 0.1) is 17.6 Å². The summed E-state index contributed by atoms with van der Waals surface area (Å²) in [6.45, 7) is 2.09. The average Bonchev–Trinajstić information content (AvgIpc) is 2.68. The average molecular weight is 436 g/mol. The summed E-state index contributed by atoms with van der Waals surface area (Å²) in [7, 11) is -3.73. The number of sulfonamides is 1. The third-order valence-electron chi connectivity index (χ3n) is 4.42. The fraction of sp³-hybridized carbons (Fsp3) is 0.158. The van der Waals surface area contributed by atoms with E-state index < -0.39 is 15.8 Å². The number of hydrogen-bond acceptors (Lipinski definition) is 5. The molecule has 0 bridgehead atoms. The van der Waals surface area contributed by atoms with Crippen molar-refractivity contribution in [3.05, 3.63) is 65.1 Å². The van der Waals surface area contributed by atoms with E-state index in [2.05, 4.69) is 9.97 Å². The van der Waals surface area contributed by atoms with Gasteiger partial charge in [-0.15, -0.1) is 0 Å². The summed E-state index contributed by atoms with van der Waals surface area (Å²) in [4.78, 5) is 8.73. The Labute approximate surface area is 171 Å². The summed E-state index contributed by atoms with van der Waals surface area (Å²) in [6, 6.07) is 11.7. The molecule has 4 rings (SSSR count). The van der Waals surface area contributed by atoms with E-state index in [1.807, 2.05) is 12.1 Å². The van der Waals surface area contributed by atoms with Gasteiger partial charge in [-0.3, -0.25) is 4.31 Å². The number of benzene rings is 2. The maximum atomic E-state index is 14.0. The highest BCUT2D eigenvalue weighted by Crippen LogP contribution is 2.42. The lowest BCUT2D eigenvalue weighted by Gasteiger charge is -2.30. The summed E-state index contributed by atoms with van der Waals surface area (Å²) in [5, 5.41) is 0.685. The largest absolute Gasteiger partial charge is 0.268 e. The summed E-state index contributed by atoms with van der Waals surface area (Å²) in [5.41, 5.74) is 2.03. The second-order valence-corrected chi connectivity index (χ2v) is 9.22. The van der Waals surface area contributed by atoms with Gasteiger partial charge in [0.25, 0.3) is 10.0 Å². The summed E-state index contributed by atoms with van der Waals surface area (Å²) < 4.78 is 41.2. The highest BCUT2D eigenvalue weighted by Gasteiger charge is 2.35. The molecule has 144 valence electrons. The molecule has 1 aromatic heterocycles. The molecule has 1 aliphatic rings. The number of fused-ring (bicyclic) bond motifs is 3. The summed E-state index contributed by atoms with van der Waals surface area (Å²) in [6.07, 6.45) is 1.32. The van der Waals surface area contributed by atoms with Crippen LogP contribution in [0.3, 0.4) is 0 Å². The van der Waals surface area contributed by atoms with Gasteiger partial charge in [-0.1, -0.05) is 47.6 Å². The zero-order valence-corrected chi connectivity index (χ0v) is 17.2. The molecule has 1 aliphatic heterocycles. The molecule has 3 aromatic rings. The number of halogens is 2. The molecule has 0 amide bonds. The summed E-state index contributed by atoms with van der Waals surface area (Å²) in [5.74, 6) is -0.163. The maximum absolute atomic E-state index is 14.0. The normalized spacial score (nSPS) is 14.5. The van der Waals surface area contributed by atoms with Crippen LogP contribution >= 0.6 is 23.4 Å². The van der Waals surface area contributed by atoms with Crippen molar-refractivity contribution in [2.24, 2.45) is 0 Å². The standard InChI is InChI=1S/C19H15ClFN3O2S2/c1-2-24-16-9-4-3-6-12(16)18-17(28(24,25)26)10-22-19(23-18)27-11-13-14(20)7-5-8-15(13)21/h3-10H,2,11H2,1H3. The molecule has 2 heterocycles. The first-order valence-corrected chi connectivity index (χ1v) is 11.3. The van der Waals surface area contributed by atoms with Crippen LogP contribution in [-0.4, -0.2) is 24.9 Å². The van der Waals surface area contributed by atoms with Crippen LogP contribution < -0.4 is 4.31 Å². The molecule has 28 heavy (non-hydrogen) atoms. The van der Waals surface area contributed by atoms with E-state index in [4.69, 9.17) is 11.6 Å². The van der Waals surface area contributed by atoms with Crippen molar-refractivity contribution < 1.29 is 12.8 Å². The van der Waals surface area contributed by atoms with Gasteiger partial charge in [-0.05, 0) is 25.1 Å². The fourth-order valence-corrected chi connectivity index (χ4v) is 5.83. The molecule has 0 saturated carbocycles. The number of thioether (sulfide) groups is 1. The van der Waals surface area contributed by atoms with Crippen LogP contribution in [0.2, 0.25) is 5.02 Å². The highest BCUT2D eigenvalue weighted by atomic mass is 35.5. The lowest BCUT2D eigenvalue weighted by molar-refractivity contribution is 0.589. The lowest BCUT2D eigenvalue weighted by atomic mass is 10.1. The number of rotatable bonds is 4. The number of aromatic nitrogens is 2. The van der Waals surface area contributed by atoms with Crippen molar-refractivity contribution in [2.45, 2.75) is 22.7 Å². The monoisotopic (exact) mass is 435 g/mol. The summed E-state index contributed by atoms with van der Waals surface area (Å²) >= 11 is 7.27. The van der Waals surface area contributed by atoms with Gasteiger partial charge in [-0.2, -0.15) is 0 Å². The van der Waals surface area contributed by atoms with Crippen LogP contribution in [0.25, 0.3) is 11.3 Å². The van der Waals surface area contributed by atoms with Crippen molar-refractivity contribution in [1.29, 1.82) is 0 Å². The zero-order valence-electron chi connectivity index (χ0n) is 14.8. The number of para-hydroxylation sites is 1. The van der Waals surface area contributed by atoms with Crippen molar-refractivity contribution in [1.82, 2.24) is 9.97 Å². The van der Waals surface area contributed by atoms with Gasteiger partial charge in [0, 0.05) is 28.4 Å². The Morgan fingerprint density at radius 2 is 1.96 bits per heavy atom. The molecule has 5 nitrogen and oxygen atoms in total. The maximum Gasteiger partial charge on any atom is 0.268 e. The highest BCUT2D eigenvalue weighted by molar-refractivity contribution is 7.98. The molecular formula is C19H15ClFN3O2S2. The first kappa shape index (κ1) is 19.2. The quantitative estimate of drug-likeness (QED) is 0.437. The van der Waals surface area contributed by atoms with Gasteiger partial charge in [0.1, 0.15) is 10.7 Å². The van der Waals surface area contributed by atoms with E-state index in [0.29, 0.717) is 33.7 Å². The van der Waals surface area contributed by atoms with Crippen molar-refractivity contribution >= 4 is 39.1 Å². The second kappa shape index (κ2) is 7.35. The van der Waals surface area contributed by atoms with Gasteiger partial charge < -0.3 is 0 Å². The fourth-order valence-electron chi connectivity index (χ4n) is 3.09. The minimum atomic E-state index is -3.73. The van der Waals surface area contributed by atoms with E-state index in [-0.39, 0.29) is 10.6 Å². The Kier molecular flexibility index (Phi) is 5.03. The van der Waals surface area contributed by atoms with Gasteiger partial charge in [0.15, 0.2) is 5.16 Å². The minimum Gasteiger partial charge on any atom is -0.266 e. The first-order valence-electron chi connectivity index (χ1n) is 8.48. The molecule has 2 aromatic carbocycles. The smallest absolute Gasteiger partial charge is 0.266 e.